The van der Waals surface area contributed by atoms with Crippen LogP contribution in [0.5, 0.6) is 0 Å². The summed E-state index contributed by atoms with van der Waals surface area (Å²) in [7, 11) is 0. The van der Waals surface area contributed by atoms with Crippen molar-refractivity contribution in [2.24, 2.45) is 0 Å². The second-order valence-electron chi connectivity index (χ2n) is 7.31. The van der Waals surface area contributed by atoms with Crippen LogP contribution in [0, 0.1) is 12.7 Å². The van der Waals surface area contributed by atoms with Gasteiger partial charge in [-0.25, -0.2) is 9.18 Å². The third-order valence-electron chi connectivity index (χ3n) is 4.72. The van der Waals surface area contributed by atoms with Crippen molar-refractivity contribution in [3.63, 3.8) is 0 Å². The van der Waals surface area contributed by atoms with Crippen molar-refractivity contribution in [1.29, 1.82) is 0 Å². The fourth-order valence-corrected chi connectivity index (χ4v) is 3.45. The molecule has 0 unspecified atom stereocenters. The van der Waals surface area contributed by atoms with Crippen molar-refractivity contribution >= 4 is 29.1 Å². The van der Waals surface area contributed by atoms with Gasteiger partial charge in [-0.3, -0.25) is 9.59 Å². The molecule has 0 bridgehead atoms. The van der Waals surface area contributed by atoms with Crippen LogP contribution >= 0.6 is 11.6 Å². The number of aliphatic hydroxyl groups is 1. The fraction of sp³-hybridized carbons (Fsp3) is 0.125. The Hall–Kier alpha value is -3.71. The van der Waals surface area contributed by atoms with Crippen molar-refractivity contribution in [2.75, 3.05) is 0 Å². The maximum absolute atomic E-state index is 13.5. The van der Waals surface area contributed by atoms with Crippen LogP contribution in [0.1, 0.15) is 27.8 Å². The van der Waals surface area contributed by atoms with Crippen molar-refractivity contribution in [2.45, 2.75) is 19.9 Å². The van der Waals surface area contributed by atoms with Gasteiger partial charge < -0.3 is 14.8 Å². The molecule has 0 atom stereocenters. The highest BCUT2D eigenvalue weighted by molar-refractivity contribution is 6.38. The topological polar surface area (TPSA) is 96.6 Å². The summed E-state index contributed by atoms with van der Waals surface area (Å²) in [5, 5.41) is 19.1. The molecule has 0 fully saturated rings. The van der Waals surface area contributed by atoms with E-state index in [0.29, 0.717) is 17.2 Å². The fourth-order valence-electron chi connectivity index (χ4n) is 3.25. The second-order valence-corrected chi connectivity index (χ2v) is 7.72. The Bertz CT molecular complexity index is 1300. The molecule has 3 rings (SSSR count). The number of halogens is 2. The second kappa shape index (κ2) is 9.62. The summed E-state index contributed by atoms with van der Waals surface area (Å²) >= 11 is 5.85. The summed E-state index contributed by atoms with van der Waals surface area (Å²) in [5.74, 6) is -4.43. The number of hydrogen-bond acceptors (Lipinski definition) is 4. The Kier molecular flexibility index (Phi) is 6.90. The van der Waals surface area contributed by atoms with E-state index < -0.39 is 28.9 Å². The van der Waals surface area contributed by atoms with E-state index in [9.17, 15) is 23.9 Å². The first-order valence-electron chi connectivity index (χ1n) is 9.55. The number of rotatable bonds is 7. The molecule has 2 N–H and O–H groups in total. The molecular weight excluding hydrogens is 437 g/mol. The molecule has 6 nitrogen and oxygen atoms in total. The third kappa shape index (κ3) is 5.50. The molecule has 0 amide bonds. The van der Waals surface area contributed by atoms with Crippen LogP contribution in [0.4, 0.5) is 4.39 Å². The van der Waals surface area contributed by atoms with E-state index in [4.69, 9.17) is 16.7 Å². The zero-order chi connectivity index (χ0) is 23.4. The number of carboxylic acids is 1. The van der Waals surface area contributed by atoms with E-state index in [0.717, 1.165) is 11.1 Å². The molecule has 2 aromatic carbocycles. The summed E-state index contributed by atoms with van der Waals surface area (Å²) in [6, 6.07) is 13.1. The van der Waals surface area contributed by atoms with Gasteiger partial charge in [0.2, 0.25) is 0 Å². The van der Waals surface area contributed by atoms with Gasteiger partial charge in [0.15, 0.2) is 0 Å². The van der Waals surface area contributed by atoms with Crippen LogP contribution in [0.25, 0.3) is 5.76 Å². The number of carbonyl (C=O) groups excluding carboxylic acids is 1. The number of aryl methyl sites for hydroxylation is 1. The van der Waals surface area contributed by atoms with Gasteiger partial charge in [0.1, 0.15) is 11.6 Å². The van der Waals surface area contributed by atoms with Crippen molar-refractivity contribution in [3.05, 3.63) is 110 Å². The molecule has 0 spiro atoms. The lowest BCUT2D eigenvalue weighted by atomic mass is 10.0. The zero-order valence-electron chi connectivity index (χ0n) is 17.0. The lowest BCUT2D eigenvalue weighted by Gasteiger charge is -2.13. The summed E-state index contributed by atoms with van der Waals surface area (Å²) in [6.45, 7) is 2.10. The predicted octanol–water partition coefficient (Wildman–Crippen LogP) is 4.14. The molecule has 32 heavy (non-hydrogen) atoms. The molecular formula is C24H19ClFNO5. The number of nitrogens with zero attached hydrogens (tertiary/aromatic N) is 1. The summed E-state index contributed by atoms with van der Waals surface area (Å²) in [6.07, 6.45) is 2.34. The lowest BCUT2D eigenvalue weighted by Crippen LogP contribution is -2.25. The SMILES string of the molecule is Cc1cccc(Cn2cc(Cc3ccc(F)c(Cl)c3)cc(/C(O)=C/C(=O)C(=O)O)c2=O)c1. The number of carboxylic acid groups (broad SMARTS) is 1. The normalized spacial score (nSPS) is 11.4. The Balaban J connectivity index is 2.09. The maximum Gasteiger partial charge on any atom is 0.376 e. The van der Waals surface area contributed by atoms with E-state index in [1.54, 1.807) is 12.3 Å². The van der Waals surface area contributed by atoms with E-state index in [1.165, 1.54) is 22.8 Å². The van der Waals surface area contributed by atoms with Crippen molar-refractivity contribution in [3.8, 4) is 0 Å². The first kappa shape index (κ1) is 23.0. The Morgan fingerprint density at radius 3 is 2.47 bits per heavy atom. The highest BCUT2D eigenvalue weighted by Gasteiger charge is 2.16. The molecule has 0 saturated carbocycles. The maximum atomic E-state index is 13.5. The van der Waals surface area contributed by atoms with Crippen molar-refractivity contribution in [1.82, 2.24) is 4.57 Å². The monoisotopic (exact) mass is 455 g/mol. The van der Waals surface area contributed by atoms with Gasteiger partial charge in [0, 0.05) is 12.3 Å². The van der Waals surface area contributed by atoms with Gasteiger partial charge in [-0.05, 0) is 48.2 Å². The molecule has 164 valence electrons. The largest absolute Gasteiger partial charge is 0.507 e. The van der Waals surface area contributed by atoms with E-state index in [2.05, 4.69) is 0 Å². The lowest BCUT2D eigenvalue weighted by molar-refractivity contribution is -0.146. The molecule has 0 saturated heterocycles. The molecule has 1 heterocycles. The van der Waals surface area contributed by atoms with Gasteiger partial charge in [-0.2, -0.15) is 0 Å². The van der Waals surface area contributed by atoms with Gasteiger partial charge in [-0.15, -0.1) is 0 Å². The van der Waals surface area contributed by atoms with E-state index in [-0.39, 0.29) is 23.6 Å². The van der Waals surface area contributed by atoms with Crippen LogP contribution in [0.15, 0.2) is 65.6 Å². The molecule has 0 aliphatic rings. The number of carbonyl (C=O) groups is 2. The number of aliphatic hydroxyl groups excluding tert-OH is 1. The zero-order valence-corrected chi connectivity index (χ0v) is 17.8. The number of pyridine rings is 1. The van der Waals surface area contributed by atoms with E-state index in [1.807, 2.05) is 31.2 Å². The van der Waals surface area contributed by atoms with Crippen LogP contribution in [0.3, 0.4) is 0 Å². The van der Waals surface area contributed by atoms with Crippen LogP contribution in [-0.2, 0) is 22.6 Å². The minimum Gasteiger partial charge on any atom is -0.507 e. The minimum atomic E-state index is -1.76. The first-order chi connectivity index (χ1) is 15.1. The quantitative estimate of drug-likeness (QED) is 0.317. The minimum absolute atomic E-state index is 0.0504. The van der Waals surface area contributed by atoms with Gasteiger partial charge in [0.05, 0.1) is 17.1 Å². The smallest absolute Gasteiger partial charge is 0.376 e. The number of hydrogen-bond donors (Lipinski definition) is 2. The highest BCUT2D eigenvalue weighted by Crippen LogP contribution is 2.20. The predicted molar refractivity (Wildman–Crippen MR) is 118 cm³/mol. The van der Waals surface area contributed by atoms with Crippen molar-refractivity contribution < 1.29 is 24.2 Å². The third-order valence-corrected chi connectivity index (χ3v) is 5.01. The summed E-state index contributed by atoms with van der Waals surface area (Å²) in [4.78, 5) is 35.3. The highest BCUT2D eigenvalue weighted by atomic mass is 35.5. The molecule has 0 aliphatic heterocycles. The standard InChI is InChI=1S/C24H19ClFNO5/c1-14-3-2-4-16(7-14)12-27-13-17(8-15-5-6-20(26)19(25)10-15)9-18(23(27)30)21(28)11-22(29)24(31)32/h2-7,9-11,13,28H,8,12H2,1H3,(H,31,32)/b21-11-. The van der Waals surface area contributed by atoms with E-state index >= 15 is 0 Å². The first-order valence-corrected chi connectivity index (χ1v) is 9.93. The Morgan fingerprint density at radius 1 is 1.06 bits per heavy atom. The van der Waals surface area contributed by atoms with Crippen LogP contribution < -0.4 is 5.56 Å². The van der Waals surface area contributed by atoms with Crippen LogP contribution in [-0.4, -0.2) is 26.5 Å². The average Bonchev–Trinajstić information content (AvgIpc) is 2.72. The number of aromatic nitrogens is 1. The average molecular weight is 456 g/mol. The van der Waals surface area contributed by atoms with Gasteiger partial charge in [-0.1, -0.05) is 47.5 Å². The van der Waals surface area contributed by atoms with Gasteiger partial charge >= 0.3 is 5.97 Å². The Labute approximate surface area is 187 Å². The summed E-state index contributed by atoms with van der Waals surface area (Å²) < 4.78 is 14.8. The molecule has 8 heteroatoms. The molecule has 0 aliphatic carbocycles. The number of aliphatic carboxylic acids is 1. The molecule has 1 aromatic heterocycles. The number of ketones is 1. The Morgan fingerprint density at radius 2 is 1.81 bits per heavy atom. The van der Waals surface area contributed by atoms with Gasteiger partial charge in [0.25, 0.3) is 11.3 Å². The van der Waals surface area contributed by atoms with Crippen LogP contribution in [0.2, 0.25) is 5.02 Å². The molecule has 0 radical (unpaired) electrons. The number of benzene rings is 2. The summed E-state index contributed by atoms with van der Waals surface area (Å²) in [5.41, 5.74) is 2.25. The molecule has 3 aromatic rings.